The molecule has 66 valence electrons. The maximum Gasteiger partial charge on any atom is 0.243 e. The number of halogens is 2. The van der Waals surface area contributed by atoms with Gasteiger partial charge in [0.15, 0.2) is 0 Å². The van der Waals surface area contributed by atoms with E-state index in [4.69, 9.17) is 5.73 Å². The smallest absolute Gasteiger partial charge is 0.243 e. The number of amides is 2. The van der Waals surface area contributed by atoms with E-state index in [1.807, 2.05) is 0 Å². The molecule has 0 aromatic rings. The summed E-state index contributed by atoms with van der Waals surface area (Å²) in [5, 5.41) is 2.13. The van der Waals surface area contributed by atoms with Gasteiger partial charge < -0.3 is 5.73 Å². The predicted molar refractivity (Wildman–Crippen MR) is 44.9 cm³/mol. The van der Waals surface area contributed by atoms with Gasteiger partial charge in [0.25, 0.3) is 0 Å². The van der Waals surface area contributed by atoms with Gasteiger partial charge in [-0.2, -0.15) is 0 Å². The summed E-state index contributed by atoms with van der Waals surface area (Å²) in [6.45, 7) is 0. The van der Waals surface area contributed by atoms with Crippen molar-refractivity contribution in [3.05, 3.63) is 0 Å². The first-order chi connectivity index (χ1) is 4.20. The molecule has 1 fully saturated rings. The fraction of sp³-hybridized carbons (Fsp3) is 0.600. The highest BCUT2D eigenvalue weighted by Gasteiger charge is 2.22. The first-order valence-corrected chi connectivity index (χ1v) is 2.79. The Labute approximate surface area is 76.7 Å². The highest BCUT2D eigenvalue weighted by molar-refractivity contribution is 6.00. The van der Waals surface area contributed by atoms with Gasteiger partial charge in [-0.15, -0.1) is 24.8 Å². The first-order valence-electron chi connectivity index (χ1n) is 2.79. The van der Waals surface area contributed by atoms with Crippen molar-refractivity contribution in [3.8, 4) is 0 Å². The van der Waals surface area contributed by atoms with Crippen molar-refractivity contribution in [1.29, 1.82) is 0 Å². The van der Waals surface area contributed by atoms with Crippen molar-refractivity contribution in [3.63, 3.8) is 0 Å². The minimum absolute atomic E-state index is 0. The minimum atomic E-state index is -0.484. The monoisotopic (exact) mass is 200 g/mol. The van der Waals surface area contributed by atoms with Gasteiger partial charge in [0.2, 0.25) is 11.8 Å². The SMILES string of the molecule is Cl.Cl.N[C@@H]1CCC(=O)NC1=O. The summed E-state index contributed by atoms with van der Waals surface area (Å²) in [6.07, 6.45) is 0.845. The zero-order valence-corrected chi connectivity index (χ0v) is 7.33. The standard InChI is InChI=1S/C5H8N2O2.2ClH/c6-3-1-2-4(8)7-5(3)9;;/h3H,1-2,6H2,(H,7,8,9);2*1H/t3-;;/m1../s1. The summed E-state index contributed by atoms with van der Waals surface area (Å²) >= 11 is 0. The van der Waals surface area contributed by atoms with Crippen LogP contribution in [-0.4, -0.2) is 17.9 Å². The molecule has 1 saturated heterocycles. The molecule has 6 heteroatoms. The molecule has 11 heavy (non-hydrogen) atoms. The molecule has 0 spiro atoms. The Morgan fingerprint density at radius 3 is 2.27 bits per heavy atom. The number of carbonyl (C=O) groups is 2. The summed E-state index contributed by atoms with van der Waals surface area (Å²) < 4.78 is 0. The maximum atomic E-state index is 10.5. The fourth-order valence-corrected chi connectivity index (χ4v) is 0.710. The number of rotatable bonds is 0. The van der Waals surface area contributed by atoms with Gasteiger partial charge in [0.05, 0.1) is 6.04 Å². The number of hydrogen-bond acceptors (Lipinski definition) is 3. The second-order valence-corrected chi connectivity index (χ2v) is 2.06. The van der Waals surface area contributed by atoms with E-state index in [0.29, 0.717) is 12.8 Å². The third-order valence-electron chi connectivity index (χ3n) is 1.28. The van der Waals surface area contributed by atoms with E-state index < -0.39 is 6.04 Å². The van der Waals surface area contributed by atoms with Crippen molar-refractivity contribution in [2.45, 2.75) is 18.9 Å². The molecule has 1 rings (SSSR count). The van der Waals surface area contributed by atoms with Crippen molar-refractivity contribution in [2.24, 2.45) is 5.73 Å². The topological polar surface area (TPSA) is 72.2 Å². The fourth-order valence-electron chi connectivity index (χ4n) is 0.710. The Kier molecular flexibility index (Phi) is 6.46. The molecule has 0 bridgehead atoms. The van der Waals surface area contributed by atoms with E-state index in [2.05, 4.69) is 5.32 Å². The number of piperidine rings is 1. The zero-order chi connectivity index (χ0) is 6.85. The lowest BCUT2D eigenvalue weighted by atomic mass is 10.1. The van der Waals surface area contributed by atoms with Crippen molar-refractivity contribution in [2.75, 3.05) is 0 Å². The lowest BCUT2D eigenvalue weighted by Crippen LogP contribution is -2.48. The van der Waals surface area contributed by atoms with Gasteiger partial charge in [0, 0.05) is 6.42 Å². The van der Waals surface area contributed by atoms with E-state index in [-0.39, 0.29) is 36.6 Å². The third kappa shape index (κ3) is 3.55. The van der Waals surface area contributed by atoms with Crippen molar-refractivity contribution in [1.82, 2.24) is 5.32 Å². The van der Waals surface area contributed by atoms with Crippen LogP contribution >= 0.6 is 24.8 Å². The largest absolute Gasteiger partial charge is 0.320 e. The van der Waals surface area contributed by atoms with Gasteiger partial charge in [0.1, 0.15) is 0 Å². The van der Waals surface area contributed by atoms with Crippen LogP contribution in [0.3, 0.4) is 0 Å². The second-order valence-electron chi connectivity index (χ2n) is 2.06. The number of hydrogen-bond donors (Lipinski definition) is 2. The maximum absolute atomic E-state index is 10.5. The van der Waals surface area contributed by atoms with Crippen LogP contribution in [0.4, 0.5) is 0 Å². The molecule has 0 saturated carbocycles. The van der Waals surface area contributed by atoms with Crippen LogP contribution in [0.15, 0.2) is 0 Å². The molecule has 0 aliphatic carbocycles. The van der Waals surface area contributed by atoms with Gasteiger partial charge in [-0.3, -0.25) is 14.9 Å². The molecular weight excluding hydrogens is 191 g/mol. The summed E-state index contributed by atoms with van der Waals surface area (Å²) in [6, 6.07) is -0.484. The van der Waals surface area contributed by atoms with Crippen LogP contribution in [0.5, 0.6) is 0 Å². The van der Waals surface area contributed by atoms with Crippen LogP contribution < -0.4 is 11.1 Å². The summed E-state index contributed by atoms with van der Waals surface area (Å²) in [5.74, 6) is -0.576. The number of carbonyl (C=O) groups excluding carboxylic acids is 2. The molecule has 0 unspecified atom stereocenters. The molecular formula is C5H10Cl2N2O2. The molecule has 1 heterocycles. The molecule has 1 aliphatic heterocycles. The summed E-state index contributed by atoms with van der Waals surface area (Å²) in [5.41, 5.74) is 5.28. The van der Waals surface area contributed by atoms with E-state index >= 15 is 0 Å². The summed E-state index contributed by atoms with van der Waals surface area (Å²) in [7, 11) is 0. The number of imide groups is 1. The van der Waals surface area contributed by atoms with Crippen LogP contribution in [0.1, 0.15) is 12.8 Å². The van der Waals surface area contributed by atoms with E-state index in [9.17, 15) is 9.59 Å². The quantitative estimate of drug-likeness (QED) is 0.523. The Balaban J connectivity index is 0. The highest BCUT2D eigenvalue weighted by atomic mass is 35.5. The van der Waals surface area contributed by atoms with E-state index in [1.165, 1.54) is 0 Å². The van der Waals surface area contributed by atoms with Gasteiger partial charge in [-0.05, 0) is 6.42 Å². The highest BCUT2D eigenvalue weighted by Crippen LogP contribution is 2.00. The minimum Gasteiger partial charge on any atom is -0.320 e. The molecule has 4 nitrogen and oxygen atoms in total. The Hall–Kier alpha value is -0.320. The Morgan fingerprint density at radius 1 is 1.36 bits per heavy atom. The summed E-state index contributed by atoms with van der Waals surface area (Å²) in [4.78, 5) is 21.0. The van der Waals surface area contributed by atoms with Crippen molar-refractivity contribution >= 4 is 36.6 Å². The zero-order valence-electron chi connectivity index (χ0n) is 5.70. The second kappa shape index (κ2) is 5.35. The molecule has 3 N–H and O–H groups in total. The Bertz CT molecular complexity index is 163. The molecule has 0 aromatic carbocycles. The third-order valence-corrected chi connectivity index (χ3v) is 1.28. The van der Waals surface area contributed by atoms with Gasteiger partial charge in [-0.1, -0.05) is 0 Å². The predicted octanol–water partition coefficient (Wildman–Crippen LogP) is -0.406. The first kappa shape index (κ1) is 13.3. The average molecular weight is 201 g/mol. The van der Waals surface area contributed by atoms with Crippen molar-refractivity contribution < 1.29 is 9.59 Å². The molecule has 1 atom stereocenters. The number of nitrogens with two attached hydrogens (primary N) is 1. The average Bonchev–Trinajstić information content (AvgIpc) is 1.80. The number of nitrogens with one attached hydrogen (secondary N) is 1. The normalized spacial score (nSPS) is 22.8. The van der Waals surface area contributed by atoms with E-state index in [1.54, 1.807) is 0 Å². The van der Waals surface area contributed by atoms with Gasteiger partial charge >= 0.3 is 0 Å². The van der Waals surface area contributed by atoms with Crippen LogP contribution in [0, 0.1) is 0 Å². The molecule has 0 aromatic heterocycles. The van der Waals surface area contributed by atoms with Crippen LogP contribution in [0.2, 0.25) is 0 Å². The van der Waals surface area contributed by atoms with Crippen LogP contribution in [0.25, 0.3) is 0 Å². The van der Waals surface area contributed by atoms with Crippen LogP contribution in [-0.2, 0) is 9.59 Å². The van der Waals surface area contributed by atoms with E-state index in [0.717, 1.165) is 0 Å². The molecule has 0 radical (unpaired) electrons. The Morgan fingerprint density at radius 2 is 1.91 bits per heavy atom. The lowest BCUT2D eigenvalue weighted by molar-refractivity contribution is -0.134. The lowest BCUT2D eigenvalue weighted by Gasteiger charge is -2.15. The molecule has 1 aliphatic rings. The van der Waals surface area contributed by atoms with Gasteiger partial charge in [-0.25, -0.2) is 0 Å². The molecule has 2 amide bonds.